The highest BCUT2D eigenvalue weighted by molar-refractivity contribution is 7.22. The van der Waals surface area contributed by atoms with E-state index in [4.69, 9.17) is 0 Å². The van der Waals surface area contributed by atoms with E-state index in [-0.39, 0.29) is 5.91 Å². The molecule has 5 nitrogen and oxygen atoms in total. The summed E-state index contributed by atoms with van der Waals surface area (Å²) in [6.45, 7) is 1.56. The van der Waals surface area contributed by atoms with Crippen LogP contribution in [0.3, 0.4) is 0 Å². The number of nitrogens with one attached hydrogen (secondary N) is 1. The maximum Gasteiger partial charge on any atom is 0.229 e. The predicted octanol–water partition coefficient (Wildman–Crippen LogP) is 4.36. The van der Waals surface area contributed by atoms with Gasteiger partial charge in [-0.3, -0.25) is 14.8 Å². The first-order valence-corrected chi connectivity index (χ1v) is 8.31. The monoisotopic (exact) mass is 334 g/mol. The molecule has 0 unspecified atom stereocenters. The topological polar surface area (TPSA) is 59.3 Å². The molecule has 0 atom stereocenters. The lowest BCUT2D eigenvalue weighted by atomic mass is 10.2. The Hall–Kier alpha value is -2.99. The molecule has 0 amide bonds. The normalized spacial score (nSPS) is 11.5. The molecule has 0 saturated carbocycles. The lowest BCUT2D eigenvalue weighted by Crippen LogP contribution is -2.03. The first-order valence-electron chi connectivity index (χ1n) is 7.49. The molecule has 0 aliphatic carbocycles. The number of anilines is 1. The fraction of sp³-hybridized carbons (Fsp3) is 0.0556. The van der Waals surface area contributed by atoms with Crippen LogP contribution in [0.1, 0.15) is 17.3 Å². The summed E-state index contributed by atoms with van der Waals surface area (Å²) in [6, 6.07) is 17.6. The Morgan fingerprint density at radius 2 is 1.92 bits per heavy atom. The van der Waals surface area contributed by atoms with Gasteiger partial charge in [0.15, 0.2) is 0 Å². The van der Waals surface area contributed by atoms with Gasteiger partial charge in [0.1, 0.15) is 10.3 Å². The Morgan fingerprint density at radius 1 is 1.17 bits per heavy atom. The average Bonchev–Trinajstić information content (AvgIpc) is 3.12. The Morgan fingerprint density at radius 3 is 2.71 bits per heavy atom. The third-order valence-electron chi connectivity index (χ3n) is 3.70. The zero-order valence-electron chi connectivity index (χ0n) is 12.9. The second-order valence-corrected chi connectivity index (χ2v) is 6.30. The van der Waals surface area contributed by atoms with E-state index in [1.165, 1.54) is 11.3 Å². The molecule has 0 bridgehead atoms. The highest BCUT2D eigenvalue weighted by atomic mass is 32.1. The number of aromatic nitrogens is 2. The van der Waals surface area contributed by atoms with Crippen molar-refractivity contribution < 1.29 is 4.79 Å². The molecule has 2 heterocycles. The molecule has 1 N–H and O–H groups in total. The van der Waals surface area contributed by atoms with Crippen LogP contribution in [0.25, 0.3) is 21.3 Å². The largest absolute Gasteiger partial charge is 0.274 e. The number of rotatable bonds is 3. The summed E-state index contributed by atoms with van der Waals surface area (Å²) in [4.78, 5) is 17.5. The lowest BCUT2D eigenvalue weighted by molar-refractivity contribution is 0.0947. The molecule has 4 aromatic rings. The van der Waals surface area contributed by atoms with Crippen LogP contribution in [-0.2, 0) is 0 Å². The number of thiazole rings is 1. The van der Waals surface area contributed by atoms with Crippen LogP contribution in [0.2, 0.25) is 0 Å². The summed E-state index contributed by atoms with van der Waals surface area (Å²) in [7, 11) is 0. The fourth-order valence-electron chi connectivity index (χ4n) is 2.68. The zero-order chi connectivity index (χ0) is 16.5. The summed E-state index contributed by atoms with van der Waals surface area (Å²) in [5, 5.41) is 5.85. The third kappa shape index (κ3) is 2.47. The molecular formula is C18H14N4OS. The maximum absolute atomic E-state index is 12.0. The van der Waals surface area contributed by atoms with Crippen molar-refractivity contribution in [3.63, 3.8) is 0 Å². The van der Waals surface area contributed by atoms with E-state index in [9.17, 15) is 4.79 Å². The van der Waals surface area contributed by atoms with Crippen LogP contribution in [0.15, 0.2) is 59.7 Å². The number of fused-ring (bicyclic) bond motifs is 3. The van der Waals surface area contributed by atoms with E-state index < -0.39 is 0 Å². The second kappa shape index (κ2) is 5.90. The fourth-order valence-corrected chi connectivity index (χ4v) is 3.67. The van der Waals surface area contributed by atoms with Gasteiger partial charge in [-0.15, -0.1) is 0 Å². The van der Waals surface area contributed by atoms with Crippen molar-refractivity contribution in [2.45, 2.75) is 6.92 Å². The first kappa shape index (κ1) is 14.6. The zero-order valence-corrected chi connectivity index (χ0v) is 13.7. The van der Waals surface area contributed by atoms with E-state index >= 15 is 0 Å². The summed E-state index contributed by atoms with van der Waals surface area (Å²) < 4.78 is 1.70. The average molecular weight is 334 g/mol. The number of benzene rings is 2. The molecule has 4 rings (SSSR count). The summed E-state index contributed by atoms with van der Waals surface area (Å²) in [6.07, 6.45) is 1.74. The van der Waals surface area contributed by atoms with E-state index in [0.29, 0.717) is 5.13 Å². The predicted molar refractivity (Wildman–Crippen MR) is 99.1 cm³/mol. The van der Waals surface area contributed by atoms with Gasteiger partial charge in [0, 0.05) is 12.3 Å². The number of hydrogen-bond donors (Lipinski definition) is 1. The minimum atomic E-state index is -0.0239. The maximum atomic E-state index is 12.0. The van der Waals surface area contributed by atoms with Crippen molar-refractivity contribution in [1.82, 2.24) is 9.55 Å². The molecular weight excluding hydrogens is 320 g/mol. The summed E-state index contributed by atoms with van der Waals surface area (Å²) in [5.74, 6) is -0.0239. The molecule has 0 fully saturated rings. The smallest absolute Gasteiger partial charge is 0.229 e. The minimum Gasteiger partial charge on any atom is -0.274 e. The molecule has 2 aromatic heterocycles. The highest BCUT2D eigenvalue weighted by Crippen LogP contribution is 2.34. The van der Waals surface area contributed by atoms with Crippen LogP contribution in [0.5, 0.6) is 0 Å². The second-order valence-electron chi connectivity index (χ2n) is 5.33. The van der Waals surface area contributed by atoms with Gasteiger partial charge in [-0.05, 0) is 11.6 Å². The van der Waals surface area contributed by atoms with Crippen molar-refractivity contribution in [2.75, 3.05) is 5.43 Å². The number of carbonyl (C=O) groups is 1. The van der Waals surface area contributed by atoms with Crippen molar-refractivity contribution in [3.05, 3.63) is 60.2 Å². The number of nitrogens with zero attached hydrogens (tertiary/aromatic N) is 3. The van der Waals surface area contributed by atoms with Crippen molar-refractivity contribution >= 4 is 49.8 Å². The van der Waals surface area contributed by atoms with Gasteiger partial charge in [-0.25, -0.2) is 4.98 Å². The van der Waals surface area contributed by atoms with Gasteiger partial charge >= 0.3 is 0 Å². The van der Waals surface area contributed by atoms with Gasteiger partial charge in [0.05, 0.1) is 11.7 Å². The van der Waals surface area contributed by atoms with Gasteiger partial charge in [0.25, 0.3) is 0 Å². The van der Waals surface area contributed by atoms with Crippen LogP contribution in [0.4, 0.5) is 5.13 Å². The molecule has 0 aliphatic rings. The molecule has 0 aliphatic heterocycles. The lowest BCUT2D eigenvalue weighted by Gasteiger charge is -1.99. The minimum absolute atomic E-state index is 0.0239. The Labute approximate surface area is 142 Å². The molecule has 2 aromatic carbocycles. The number of hydrogen-bond acceptors (Lipinski definition) is 5. The van der Waals surface area contributed by atoms with Crippen molar-refractivity contribution in [1.29, 1.82) is 0 Å². The number of carbonyl (C=O) groups excluding carboxylic acids is 1. The first-order chi connectivity index (χ1) is 11.7. The Bertz CT molecular complexity index is 1060. The van der Waals surface area contributed by atoms with Crippen LogP contribution in [0, 0.1) is 0 Å². The molecule has 0 spiro atoms. The highest BCUT2D eigenvalue weighted by Gasteiger charge is 2.17. The van der Waals surface area contributed by atoms with E-state index in [1.54, 1.807) is 17.7 Å². The van der Waals surface area contributed by atoms with Gasteiger partial charge in [-0.2, -0.15) is 5.10 Å². The number of hydrazone groups is 1. The SMILES string of the molecule is CC(=O)n1c2ccccc2c2nc(N/N=C\c3ccccc3)sc21. The van der Waals surface area contributed by atoms with Crippen LogP contribution >= 0.6 is 11.3 Å². The molecule has 118 valence electrons. The molecule has 24 heavy (non-hydrogen) atoms. The van der Waals surface area contributed by atoms with Crippen LogP contribution < -0.4 is 5.43 Å². The molecule has 0 radical (unpaired) electrons. The molecule has 0 saturated heterocycles. The van der Waals surface area contributed by atoms with Gasteiger partial charge < -0.3 is 0 Å². The van der Waals surface area contributed by atoms with Gasteiger partial charge in [-0.1, -0.05) is 59.9 Å². The number of para-hydroxylation sites is 1. The quantitative estimate of drug-likeness (QED) is 0.447. The van der Waals surface area contributed by atoms with E-state index in [1.807, 2.05) is 54.6 Å². The summed E-state index contributed by atoms with van der Waals surface area (Å²) in [5.41, 5.74) is 5.67. The van der Waals surface area contributed by atoms with Crippen LogP contribution in [-0.4, -0.2) is 21.7 Å². The van der Waals surface area contributed by atoms with Crippen molar-refractivity contribution in [2.24, 2.45) is 5.10 Å². The van der Waals surface area contributed by atoms with Gasteiger partial charge in [0.2, 0.25) is 11.0 Å². The van der Waals surface area contributed by atoms with Crippen molar-refractivity contribution in [3.8, 4) is 0 Å². The Balaban J connectivity index is 1.72. The third-order valence-corrected chi connectivity index (χ3v) is 4.65. The molecule has 6 heteroatoms. The van der Waals surface area contributed by atoms with E-state index in [2.05, 4.69) is 15.5 Å². The Kier molecular flexibility index (Phi) is 3.59. The van der Waals surface area contributed by atoms with E-state index in [0.717, 1.165) is 26.8 Å². The summed E-state index contributed by atoms with van der Waals surface area (Å²) >= 11 is 1.42. The standard InChI is InChI=1S/C18H14N4OS/c1-12(23)22-15-10-6-5-9-14(15)16-17(22)24-18(20-16)21-19-11-13-7-3-2-4-8-13/h2-11H,1H3,(H,20,21)/b19-11-.